The van der Waals surface area contributed by atoms with Gasteiger partial charge in [0.2, 0.25) is 0 Å². The molecule has 3 aliphatic rings. The molecule has 2 aliphatic carbocycles. The molecule has 0 spiro atoms. The maximum atomic E-state index is 6.80. The van der Waals surface area contributed by atoms with Crippen LogP contribution < -0.4 is 0 Å². The van der Waals surface area contributed by atoms with E-state index in [0.29, 0.717) is 12.2 Å². The first-order valence-electron chi connectivity index (χ1n) is 9.46. The van der Waals surface area contributed by atoms with Crippen molar-refractivity contribution in [2.75, 3.05) is 27.7 Å². The summed E-state index contributed by atoms with van der Waals surface area (Å²) in [6.45, 7) is 6.04. The van der Waals surface area contributed by atoms with Gasteiger partial charge in [0, 0.05) is 11.3 Å². The Morgan fingerprint density at radius 1 is 0.955 bits per heavy atom. The molecular weight excluding hydrogens is 270 g/mol. The van der Waals surface area contributed by atoms with Gasteiger partial charge < -0.3 is 9.22 Å². The second-order valence-electron chi connectivity index (χ2n) is 9.64. The number of hydrogen-bond donors (Lipinski definition) is 0. The van der Waals surface area contributed by atoms with Crippen molar-refractivity contribution in [2.24, 2.45) is 11.3 Å². The summed E-state index contributed by atoms with van der Waals surface area (Å²) in [4.78, 5) is 0. The van der Waals surface area contributed by atoms with Crippen LogP contribution in [-0.2, 0) is 4.74 Å². The van der Waals surface area contributed by atoms with Crippen LogP contribution in [0.3, 0.4) is 0 Å². The third kappa shape index (κ3) is 3.28. The van der Waals surface area contributed by atoms with Crippen LogP contribution >= 0.6 is 0 Å². The predicted octanol–water partition coefficient (Wildman–Crippen LogP) is 4.55. The lowest BCUT2D eigenvalue weighted by molar-refractivity contribution is -0.877. The fraction of sp³-hybridized carbons (Fsp3) is 0.900. The van der Waals surface area contributed by atoms with Crippen LogP contribution in [-0.4, -0.2) is 44.4 Å². The zero-order valence-corrected chi connectivity index (χ0v) is 15.5. The van der Waals surface area contributed by atoms with Crippen molar-refractivity contribution < 1.29 is 9.22 Å². The van der Waals surface area contributed by atoms with E-state index in [1.165, 1.54) is 57.9 Å². The Hall–Kier alpha value is -0.340. The molecule has 3 atom stereocenters. The van der Waals surface area contributed by atoms with Crippen LogP contribution in [0.1, 0.15) is 65.2 Å². The molecule has 1 fully saturated rings. The number of quaternary nitrogens is 1. The summed E-state index contributed by atoms with van der Waals surface area (Å²) in [6, 6.07) is 0. The third-order valence-electron chi connectivity index (χ3n) is 5.92. The molecule has 0 saturated heterocycles. The van der Waals surface area contributed by atoms with Crippen molar-refractivity contribution in [3.63, 3.8) is 0 Å². The van der Waals surface area contributed by atoms with E-state index >= 15 is 0 Å². The number of ether oxygens (including phenoxy) is 1. The highest BCUT2D eigenvalue weighted by atomic mass is 16.5. The first-order valence-corrected chi connectivity index (χ1v) is 9.46. The minimum atomic E-state index is 0.221. The molecule has 1 aliphatic heterocycles. The predicted molar refractivity (Wildman–Crippen MR) is 92.8 cm³/mol. The monoisotopic (exact) mass is 306 g/mol. The van der Waals surface area contributed by atoms with Gasteiger partial charge >= 0.3 is 0 Å². The summed E-state index contributed by atoms with van der Waals surface area (Å²) in [5, 5.41) is 0. The highest BCUT2D eigenvalue weighted by molar-refractivity contribution is 5.29. The van der Waals surface area contributed by atoms with Crippen LogP contribution in [0.25, 0.3) is 0 Å². The van der Waals surface area contributed by atoms with Crippen LogP contribution in [0.5, 0.6) is 0 Å². The van der Waals surface area contributed by atoms with E-state index in [0.717, 1.165) is 10.4 Å². The summed E-state index contributed by atoms with van der Waals surface area (Å²) < 4.78 is 7.82. The average Bonchev–Trinajstić information content (AvgIpc) is 2.44. The van der Waals surface area contributed by atoms with Gasteiger partial charge in [-0.1, -0.05) is 32.3 Å². The molecular formula is C20H36NO+. The SMILES string of the molecule is CC(C)(C[N+](C)(C)C)C1OC2CCCCC2C2=C1CCCC2. The maximum Gasteiger partial charge on any atom is 0.0896 e. The number of nitrogens with zero attached hydrogens (tertiary/aromatic N) is 1. The Morgan fingerprint density at radius 2 is 1.59 bits per heavy atom. The summed E-state index contributed by atoms with van der Waals surface area (Å²) in [5.74, 6) is 0.764. The fourth-order valence-corrected chi connectivity index (χ4v) is 5.55. The van der Waals surface area contributed by atoms with Gasteiger partial charge in [0.15, 0.2) is 0 Å². The van der Waals surface area contributed by atoms with Crippen LogP contribution in [0, 0.1) is 11.3 Å². The smallest absolute Gasteiger partial charge is 0.0896 e. The van der Waals surface area contributed by atoms with E-state index in [1.54, 1.807) is 5.57 Å². The molecule has 0 N–H and O–H groups in total. The summed E-state index contributed by atoms with van der Waals surface area (Å²) >= 11 is 0. The Balaban J connectivity index is 1.92. The van der Waals surface area contributed by atoms with Crippen molar-refractivity contribution in [1.82, 2.24) is 0 Å². The van der Waals surface area contributed by atoms with Crippen molar-refractivity contribution in [2.45, 2.75) is 77.4 Å². The lowest BCUT2D eigenvalue weighted by atomic mass is 9.68. The van der Waals surface area contributed by atoms with Gasteiger partial charge in [-0.25, -0.2) is 0 Å². The first-order chi connectivity index (χ1) is 10.3. The second kappa shape index (κ2) is 5.94. The molecule has 0 radical (unpaired) electrons. The maximum absolute atomic E-state index is 6.80. The van der Waals surface area contributed by atoms with Crippen molar-refractivity contribution >= 4 is 0 Å². The van der Waals surface area contributed by atoms with Crippen LogP contribution in [0.2, 0.25) is 0 Å². The molecule has 0 bridgehead atoms. The summed E-state index contributed by atoms with van der Waals surface area (Å²) in [7, 11) is 6.93. The van der Waals surface area contributed by atoms with Crippen molar-refractivity contribution in [3.8, 4) is 0 Å². The summed E-state index contributed by atoms with van der Waals surface area (Å²) in [5.41, 5.74) is 3.77. The zero-order valence-electron chi connectivity index (χ0n) is 15.5. The van der Waals surface area contributed by atoms with Gasteiger partial charge in [0.25, 0.3) is 0 Å². The molecule has 0 amide bonds. The minimum absolute atomic E-state index is 0.221. The van der Waals surface area contributed by atoms with E-state index in [-0.39, 0.29) is 5.41 Å². The molecule has 3 unspecified atom stereocenters. The molecule has 2 nitrogen and oxygen atoms in total. The Bertz CT molecular complexity index is 443. The molecule has 126 valence electrons. The van der Waals surface area contributed by atoms with Crippen LogP contribution in [0.15, 0.2) is 11.1 Å². The number of rotatable bonds is 3. The van der Waals surface area contributed by atoms with E-state index < -0.39 is 0 Å². The Morgan fingerprint density at radius 3 is 2.27 bits per heavy atom. The van der Waals surface area contributed by atoms with Crippen LogP contribution in [0.4, 0.5) is 0 Å². The Labute approximate surface area is 137 Å². The lowest BCUT2D eigenvalue weighted by Gasteiger charge is -2.50. The molecule has 3 rings (SSSR count). The van der Waals surface area contributed by atoms with Gasteiger partial charge in [-0.05, 0) is 44.1 Å². The average molecular weight is 307 g/mol. The van der Waals surface area contributed by atoms with Gasteiger partial charge in [-0.2, -0.15) is 0 Å². The minimum Gasteiger partial charge on any atom is -0.369 e. The number of hydrogen-bond acceptors (Lipinski definition) is 1. The fourth-order valence-electron chi connectivity index (χ4n) is 5.55. The molecule has 22 heavy (non-hydrogen) atoms. The van der Waals surface area contributed by atoms with Gasteiger partial charge in [-0.15, -0.1) is 0 Å². The Kier molecular flexibility index (Phi) is 4.46. The molecule has 0 aromatic heterocycles. The highest BCUT2D eigenvalue weighted by Gasteiger charge is 2.46. The van der Waals surface area contributed by atoms with E-state index in [4.69, 9.17) is 4.74 Å². The first kappa shape index (κ1) is 16.5. The molecule has 0 aromatic carbocycles. The summed E-state index contributed by atoms with van der Waals surface area (Å²) in [6.07, 6.45) is 11.8. The van der Waals surface area contributed by atoms with Gasteiger partial charge in [-0.3, -0.25) is 0 Å². The van der Waals surface area contributed by atoms with Gasteiger partial charge in [0.1, 0.15) is 0 Å². The van der Waals surface area contributed by atoms with Crippen molar-refractivity contribution in [1.29, 1.82) is 0 Å². The molecule has 0 aromatic rings. The van der Waals surface area contributed by atoms with Crippen molar-refractivity contribution in [3.05, 3.63) is 11.1 Å². The molecule has 1 heterocycles. The normalized spacial score (nSPS) is 33.4. The highest BCUT2D eigenvalue weighted by Crippen LogP contribution is 2.49. The largest absolute Gasteiger partial charge is 0.369 e. The van der Waals surface area contributed by atoms with E-state index in [1.807, 2.05) is 5.57 Å². The van der Waals surface area contributed by atoms with E-state index in [2.05, 4.69) is 35.0 Å². The lowest BCUT2D eigenvalue weighted by Crippen LogP contribution is -2.52. The quantitative estimate of drug-likeness (QED) is 0.549. The molecule has 2 heteroatoms. The van der Waals surface area contributed by atoms with E-state index in [9.17, 15) is 0 Å². The zero-order chi connectivity index (χ0) is 16.0. The number of fused-ring (bicyclic) bond motifs is 2. The standard InChI is InChI=1S/C20H36NO/c1-20(2,14-21(3,4)5)19-17-12-7-6-10-15(17)16-11-8-9-13-18(16)22-19/h16,18-19H,6-14H2,1-5H3/q+1. The third-order valence-corrected chi connectivity index (χ3v) is 5.92. The van der Waals surface area contributed by atoms with Gasteiger partial charge in [0.05, 0.1) is 39.9 Å². The molecule has 1 saturated carbocycles. The second-order valence-corrected chi connectivity index (χ2v) is 9.64. The topological polar surface area (TPSA) is 9.23 Å².